The Morgan fingerprint density at radius 1 is 1.33 bits per heavy atom. The van der Waals surface area contributed by atoms with Crippen LogP contribution in [0.25, 0.3) is 0 Å². The van der Waals surface area contributed by atoms with Crippen molar-refractivity contribution < 1.29 is 4.74 Å². The molecule has 1 aromatic carbocycles. The maximum absolute atomic E-state index is 6.08. The topological polar surface area (TPSA) is 35.2 Å². The summed E-state index contributed by atoms with van der Waals surface area (Å²) in [6.07, 6.45) is 0. The third kappa shape index (κ3) is 3.73. The van der Waals surface area contributed by atoms with Crippen molar-refractivity contribution in [2.24, 2.45) is 11.7 Å². The van der Waals surface area contributed by atoms with E-state index in [2.05, 4.69) is 13.8 Å². The van der Waals surface area contributed by atoms with E-state index in [-0.39, 0.29) is 6.04 Å². The standard InChI is InChI=1S/C12H18ClNO/c1-8(2)7-15-12-5-4-10(9(3)14)6-11(12)13/h4-6,8-9H,7,14H2,1-3H3/t9-/m0/s1. The van der Waals surface area contributed by atoms with Gasteiger partial charge in [-0.3, -0.25) is 0 Å². The fourth-order valence-corrected chi connectivity index (χ4v) is 1.42. The van der Waals surface area contributed by atoms with Gasteiger partial charge in [0.1, 0.15) is 5.75 Å². The van der Waals surface area contributed by atoms with Gasteiger partial charge in [0.05, 0.1) is 11.6 Å². The van der Waals surface area contributed by atoms with Crippen molar-refractivity contribution in [3.05, 3.63) is 28.8 Å². The van der Waals surface area contributed by atoms with Crippen molar-refractivity contribution in [1.29, 1.82) is 0 Å². The van der Waals surface area contributed by atoms with Gasteiger partial charge in [-0.2, -0.15) is 0 Å². The summed E-state index contributed by atoms with van der Waals surface area (Å²) in [5.74, 6) is 1.23. The molecular weight excluding hydrogens is 210 g/mol. The molecule has 0 unspecified atom stereocenters. The maximum Gasteiger partial charge on any atom is 0.137 e. The summed E-state index contributed by atoms with van der Waals surface area (Å²) in [5.41, 5.74) is 6.78. The number of halogens is 1. The molecule has 3 heteroatoms. The number of benzene rings is 1. The third-order valence-corrected chi connectivity index (χ3v) is 2.35. The van der Waals surface area contributed by atoms with E-state index in [0.717, 1.165) is 11.3 Å². The fourth-order valence-electron chi connectivity index (χ4n) is 1.17. The second kappa shape index (κ2) is 5.38. The van der Waals surface area contributed by atoms with Crippen LogP contribution >= 0.6 is 11.6 Å². The van der Waals surface area contributed by atoms with Gasteiger partial charge in [0.15, 0.2) is 0 Å². The van der Waals surface area contributed by atoms with Crippen molar-refractivity contribution in [2.45, 2.75) is 26.8 Å². The predicted octanol–water partition coefficient (Wildman–Crippen LogP) is 3.39. The quantitative estimate of drug-likeness (QED) is 0.856. The molecule has 0 saturated carbocycles. The lowest BCUT2D eigenvalue weighted by Gasteiger charge is -2.12. The maximum atomic E-state index is 6.08. The lowest BCUT2D eigenvalue weighted by atomic mass is 10.1. The zero-order valence-corrected chi connectivity index (χ0v) is 10.2. The molecule has 1 atom stereocenters. The first-order chi connectivity index (χ1) is 7.00. The lowest BCUT2D eigenvalue weighted by Crippen LogP contribution is -2.07. The van der Waals surface area contributed by atoms with Gasteiger partial charge < -0.3 is 10.5 Å². The average molecular weight is 228 g/mol. The van der Waals surface area contributed by atoms with Gasteiger partial charge in [-0.1, -0.05) is 31.5 Å². The van der Waals surface area contributed by atoms with Crippen molar-refractivity contribution in [1.82, 2.24) is 0 Å². The Morgan fingerprint density at radius 2 is 2.00 bits per heavy atom. The Morgan fingerprint density at radius 3 is 2.47 bits per heavy atom. The summed E-state index contributed by atoms with van der Waals surface area (Å²) in [5, 5.41) is 0.630. The highest BCUT2D eigenvalue weighted by atomic mass is 35.5. The summed E-state index contributed by atoms with van der Waals surface area (Å²) in [6.45, 7) is 6.81. The van der Waals surface area contributed by atoms with Crippen LogP contribution in [-0.4, -0.2) is 6.61 Å². The van der Waals surface area contributed by atoms with Crippen LogP contribution in [0, 0.1) is 5.92 Å². The summed E-state index contributed by atoms with van der Waals surface area (Å²) in [7, 11) is 0. The van der Waals surface area contributed by atoms with Crippen molar-refractivity contribution in [3.63, 3.8) is 0 Å². The zero-order valence-electron chi connectivity index (χ0n) is 9.46. The van der Waals surface area contributed by atoms with Gasteiger partial charge in [-0.25, -0.2) is 0 Å². The molecule has 0 spiro atoms. The first-order valence-electron chi connectivity index (χ1n) is 5.18. The molecule has 2 nitrogen and oxygen atoms in total. The van der Waals surface area contributed by atoms with Crippen LogP contribution in [0.1, 0.15) is 32.4 Å². The Kier molecular flexibility index (Phi) is 4.43. The third-order valence-electron chi connectivity index (χ3n) is 2.05. The van der Waals surface area contributed by atoms with Gasteiger partial charge >= 0.3 is 0 Å². The predicted molar refractivity (Wildman–Crippen MR) is 64.4 cm³/mol. The molecule has 0 aliphatic heterocycles. The highest BCUT2D eigenvalue weighted by Gasteiger charge is 2.06. The highest BCUT2D eigenvalue weighted by molar-refractivity contribution is 6.32. The van der Waals surface area contributed by atoms with E-state index in [1.165, 1.54) is 0 Å². The summed E-state index contributed by atoms with van der Waals surface area (Å²) in [4.78, 5) is 0. The number of rotatable bonds is 4. The SMILES string of the molecule is CC(C)COc1ccc([C@H](C)N)cc1Cl. The van der Waals surface area contributed by atoms with Crippen molar-refractivity contribution in [2.75, 3.05) is 6.61 Å². The van der Waals surface area contributed by atoms with Gasteiger partial charge in [0, 0.05) is 6.04 Å². The normalized spacial score (nSPS) is 12.9. The fraction of sp³-hybridized carbons (Fsp3) is 0.500. The number of nitrogens with two attached hydrogens (primary N) is 1. The van der Waals surface area contributed by atoms with Crippen LogP contribution in [0.4, 0.5) is 0 Å². The minimum atomic E-state index is 0.00153. The highest BCUT2D eigenvalue weighted by Crippen LogP contribution is 2.27. The molecule has 0 aliphatic carbocycles. The summed E-state index contributed by atoms with van der Waals surface area (Å²) < 4.78 is 5.56. The Labute approximate surface area is 96.4 Å². The first-order valence-corrected chi connectivity index (χ1v) is 5.56. The molecule has 0 bridgehead atoms. The van der Waals surface area contributed by atoms with Gasteiger partial charge in [-0.15, -0.1) is 0 Å². The van der Waals surface area contributed by atoms with E-state index in [1.54, 1.807) is 0 Å². The molecular formula is C12H18ClNO. The van der Waals surface area contributed by atoms with E-state index in [0.29, 0.717) is 17.5 Å². The Hall–Kier alpha value is -0.730. The van der Waals surface area contributed by atoms with Gasteiger partial charge in [-0.05, 0) is 30.5 Å². The van der Waals surface area contributed by atoms with Crippen LogP contribution in [0.5, 0.6) is 5.75 Å². The smallest absolute Gasteiger partial charge is 0.137 e. The molecule has 1 rings (SSSR count). The van der Waals surface area contributed by atoms with E-state index >= 15 is 0 Å². The van der Waals surface area contributed by atoms with Crippen LogP contribution in [0.3, 0.4) is 0 Å². The average Bonchev–Trinajstić information content (AvgIpc) is 2.15. The molecule has 84 valence electrons. The lowest BCUT2D eigenvalue weighted by molar-refractivity contribution is 0.271. The molecule has 0 fully saturated rings. The minimum Gasteiger partial charge on any atom is -0.492 e. The van der Waals surface area contributed by atoms with Crippen LogP contribution in [-0.2, 0) is 0 Å². The van der Waals surface area contributed by atoms with Gasteiger partial charge in [0.25, 0.3) is 0 Å². The summed E-state index contributed by atoms with van der Waals surface area (Å²) in [6, 6.07) is 5.69. The number of ether oxygens (including phenoxy) is 1. The van der Waals surface area contributed by atoms with E-state index in [9.17, 15) is 0 Å². The van der Waals surface area contributed by atoms with E-state index in [1.807, 2.05) is 25.1 Å². The molecule has 0 heterocycles. The van der Waals surface area contributed by atoms with Crippen LogP contribution in [0.15, 0.2) is 18.2 Å². The van der Waals surface area contributed by atoms with Gasteiger partial charge in [0.2, 0.25) is 0 Å². The zero-order chi connectivity index (χ0) is 11.4. The van der Waals surface area contributed by atoms with Crippen molar-refractivity contribution >= 4 is 11.6 Å². The van der Waals surface area contributed by atoms with Crippen molar-refractivity contribution in [3.8, 4) is 5.75 Å². The molecule has 0 radical (unpaired) electrons. The van der Waals surface area contributed by atoms with Crippen LogP contribution < -0.4 is 10.5 Å². The van der Waals surface area contributed by atoms with E-state index < -0.39 is 0 Å². The monoisotopic (exact) mass is 227 g/mol. The minimum absolute atomic E-state index is 0.00153. The molecule has 0 aromatic heterocycles. The summed E-state index contributed by atoms with van der Waals surface area (Å²) >= 11 is 6.08. The molecule has 0 amide bonds. The van der Waals surface area contributed by atoms with Crippen LogP contribution in [0.2, 0.25) is 5.02 Å². The largest absolute Gasteiger partial charge is 0.492 e. The van der Waals surface area contributed by atoms with E-state index in [4.69, 9.17) is 22.1 Å². The molecule has 15 heavy (non-hydrogen) atoms. The molecule has 1 aromatic rings. The first kappa shape index (κ1) is 12.3. The molecule has 0 aliphatic rings. The Balaban J connectivity index is 2.75. The Bertz CT molecular complexity index is 323. The second-order valence-electron chi connectivity index (χ2n) is 4.18. The second-order valence-corrected chi connectivity index (χ2v) is 4.59. The number of hydrogen-bond acceptors (Lipinski definition) is 2. The molecule has 0 saturated heterocycles. The number of hydrogen-bond donors (Lipinski definition) is 1. The molecule has 2 N–H and O–H groups in total.